The van der Waals surface area contributed by atoms with Crippen LogP contribution in [0.1, 0.15) is 73.6 Å². The zero-order valence-electron chi connectivity index (χ0n) is 23.6. The summed E-state index contributed by atoms with van der Waals surface area (Å²) in [6.07, 6.45) is 10.4. The van der Waals surface area contributed by atoms with Gasteiger partial charge in [-0.2, -0.15) is 0 Å². The second-order valence-corrected chi connectivity index (χ2v) is 14.4. The van der Waals surface area contributed by atoms with Crippen LogP contribution in [0.2, 0.25) is 0 Å². The third-order valence-corrected chi connectivity index (χ3v) is 12.1. The minimum absolute atomic E-state index is 0. The second kappa shape index (κ2) is 8.08. The standard InChI is InChI=1S/C15H20N2O3.C15H18N2O3.CH4/c2*1-13(2)9-8-14-5-3-7-17(14)12(20)15(9,16-11(14)19)6-4-10(13)18;/h4,6,9-10,18H,3,5,7-8H2,1-2H3,(H,16,19);4,6,9H,3,5,7-8H2,1-2H3,(H,16,19);1H4/t9?,10?,14?,15-;9?,14?,15-;/m11./s1. The zero-order chi connectivity index (χ0) is 28.7. The maximum Gasteiger partial charge on any atom is 0.253 e. The normalized spacial score (nSPS) is 45.1. The van der Waals surface area contributed by atoms with Crippen LogP contribution in [0.15, 0.2) is 24.3 Å². The van der Waals surface area contributed by atoms with E-state index in [4.69, 9.17) is 0 Å². The van der Waals surface area contributed by atoms with Gasteiger partial charge in [0.2, 0.25) is 11.8 Å². The average Bonchev–Trinajstić information content (AvgIpc) is 3.54. The first-order valence-electron chi connectivity index (χ1n) is 14.6. The summed E-state index contributed by atoms with van der Waals surface area (Å²) in [5.74, 6) is -0.210. The van der Waals surface area contributed by atoms with Crippen LogP contribution in [-0.2, 0) is 24.0 Å². The molecule has 7 atom stereocenters. The summed E-state index contributed by atoms with van der Waals surface area (Å²) in [6, 6.07) is 0. The van der Waals surface area contributed by atoms with Crippen LogP contribution in [0, 0.1) is 22.7 Å². The molecular weight excluding hydrogens is 524 g/mol. The number of hydrogen-bond donors (Lipinski definition) is 3. The number of nitrogens with one attached hydrogen (secondary N) is 2. The van der Waals surface area contributed by atoms with E-state index >= 15 is 0 Å². The number of allylic oxidation sites excluding steroid dienone is 1. The number of aliphatic hydroxyl groups excluding tert-OH is 1. The molecule has 0 aromatic rings. The van der Waals surface area contributed by atoms with Gasteiger partial charge in [0.1, 0.15) is 22.2 Å². The molecule has 8 saturated heterocycles. The summed E-state index contributed by atoms with van der Waals surface area (Å²) in [7, 11) is 0. The van der Waals surface area contributed by atoms with E-state index in [2.05, 4.69) is 10.6 Å². The molecule has 2 aliphatic carbocycles. The molecular formula is C31H42N4O6. The molecule has 41 heavy (non-hydrogen) atoms. The number of carbonyl (C=O) groups excluding carboxylic acids is 5. The third kappa shape index (κ3) is 2.99. The molecule has 0 radical (unpaired) electrons. The molecule has 222 valence electrons. The number of ketones is 1. The molecule has 4 bridgehead atoms. The van der Waals surface area contributed by atoms with Crippen LogP contribution in [0.25, 0.3) is 0 Å². The molecule has 10 heteroatoms. The highest BCUT2D eigenvalue weighted by Crippen LogP contribution is 2.58. The Morgan fingerprint density at radius 1 is 0.780 bits per heavy atom. The first-order valence-corrected chi connectivity index (χ1v) is 14.6. The Labute approximate surface area is 240 Å². The number of nitrogens with zero attached hydrogens (tertiary/aromatic N) is 2. The Bertz CT molecular complexity index is 1350. The lowest BCUT2D eigenvalue weighted by Gasteiger charge is -2.63. The molecule has 4 spiro atoms. The smallest absolute Gasteiger partial charge is 0.253 e. The summed E-state index contributed by atoms with van der Waals surface area (Å²) in [6.45, 7) is 9.09. The molecule has 10 rings (SSSR count). The number of amides is 4. The predicted molar refractivity (Wildman–Crippen MR) is 149 cm³/mol. The van der Waals surface area contributed by atoms with E-state index in [1.165, 1.54) is 6.08 Å². The van der Waals surface area contributed by atoms with Crippen LogP contribution in [-0.4, -0.2) is 85.7 Å². The van der Waals surface area contributed by atoms with Crippen molar-refractivity contribution in [1.82, 2.24) is 20.4 Å². The van der Waals surface area contributed by atoms with Gasteiger partial charge in [0.05, 0.1) is 6.10 Å². The van der Waals surface area contributed by atoms with Crippen LogP contribution in [0.3, 0.4) is 0 Å². The first kappa shape index (κ1) is 28.1. The summed E-state index contributed by atoms with van der Waals surface area (Å²) in [5.41, 5.74) is -4.33. The van der Waals surface area contributed by atoms with Crippen molar-refractivity contribution < 1.29 is 29.1 Å². The number of carbonyl (C=O) groups is 5. The molecule has 0 aromatic heterocycles. The van der Waals surface area contributed by atoms with E-state index in [0.717, 1.165) is 19.3 Å². The quantitative estimate of drug-likeness (QED) is 0.378. The van der Waals surface area contributed by atoms with Crippen molar-refractivity contribution in [3.8, 4) is 0 Å². The van der Waals surface area contributed by atoms with E-state index in [0.29, 0.717) is 32.4 Å². The molecule has 8 fully saturated rings. The number of aliphatic hydroxyl groups is 1. The number of piperidine rings is 4. The van der Waals surface area contributed by atoms with Gasteiger partial charge in [0.25, 0.3) is 11.8 Å². The van der Waals surface area contributed by atoms with Crippen molar-refractivity contribution >= 4 is 29.4 Å². The maximum absolute atomic E-state index is 12.9. The minimum atomic E-state index is -0.999. The van der Waals surface area contributed by atoms with E-state index in [1.54, 1.807) is 28.0 Å². The Balaban J connectivity index is 0.000000144. The first-order chi connectivity index (χ1) is 18.7. The van der Waals surface area contributed by atoms with Crippen molar-refractivity contribution in [1.29, 1.82) is 0 Å². The van der Waals surface area contributed by atoms with Gasteiger partial charge in [-0.25, -0.2) is 0 Å². The number of hydrogen-bond acceptors (Lipinski definition) is 6. The highest BCUT2D eigenvalue weighted by Gasteiger charge is 2.73. The Hall–Kier alpha value is -3.01. The molecule has 3 N–H and O–H groups in total. The van der Waals surface area contributed by atoms with Crippen molar-refractivity contribution in [3.63, 3.8) is 0 Å². The Kier molecular flexibility index (Phi) is 5.54. The lowest BCUT2D eigenvalue weighted by Crippen LogP contribution is -2.83. The summed E-state index contributed by atoms with van der Waals surface area (Å²) < 4.78 is 0. The predicted octanol–water partition coefficient (Wildman–Crippen LogP) is 1.23. The molecule has 8 heterocycles. The SMILES string of the molecule is C.CC1(C)C(=O)C=C[C@]23NC(=O)C4(CCCN4C2=O)CC13.CC1(C)C(O)C=C[C@]23NC(=O)C4(CCCN4C2=O)CC13. The van der Waals surface area contributed by atoms with Gasteiger partial charge in [-0.05, 0) is 50.7 Å². The van der Waals surface area contributed by atoms with Gasteiger partial charge in [0, 0.05) is 35.8 Å². The highest BCUT2D eigenvalue weighted by molar-refractivity contribution is 6.10. The largest absolute Gasteiger partial charge is 0.388 e. The van der Waals surface area contributed by atoms with Crippen LogP contribution >= 0.6 is 0 Å². The van der Waals surface area contributed by atoms with Gasteiger partial charge in [0.15, 0.2) is 5.78 Å². The van der Waals surface area contributed by atoms with Crippen molar-refractivity contribution in [3.05, 3.63) is 24.3 Å². The van der Waals surface area contributed by atoms with Crippen molar-refractivity contribution in [2.24, 2.45) is 22.7 Å². The van der Waals surface area contributed by atoms with Crippen LogP contribution in [0.5, 0.6) is 0 Å². The lowest BCUT2D eigenvalue weighted by molar-refractivity contribution is -0.180. The number of fused-ring (bicyclic) bond motifs is 2. The summed E-state index contributed by atoms with van der Waals surface area (Å²) >= 11 is 0. The fourth-order valence-corrected chi connectivity index (χ4v) is 9.49. The minimum Gasteiger partial charge on any atom is -0.388 e. The second-order valence-electron chi connectivity index (χ2n) is 14.4. The van der Waals surface area contributed by atoms with Crippen molar-refractivity contribution in [2.45, 2.75) is 102 Å². The fourth-order valence-electron chi connectivity index (χ4n) is 9.49. The van der Waals surface area contributed by atoms with E-state index in [1.807, 2.05) is 27.7 Å². The molecule has 8 aliphatic heterocycles. The molecule has 10 aliphatic rings. The number of piperazine rings is 2. The molecule has 5 unspecified atom stereocenters. The van der Waals surface area contributed by atoms with Gasteiger partial charge >= 0.3 is 0 Å². The zero-order valence-corrected chi connectivity index (χ0v) is 23.6. The maximum atomic E-state index is 12.9. The summed E-state index contributed by atoms with van der Waals surface area (Å²) in [5, 5.41) is 16.2. The van der Waals surface area contributed by atoms with Crippen LogP contribution in [0.4, 0.5) is 0 Å². The van der Waals surface area contributed by atoms with Gasteiger partial charge < -0.3 is 25.5 Å². The molecule has 0 aromatic carbocycles. The van der Waals surface area contributed by atoms with Gasteiger partial charge in [-0.3, -0.25) is 24.0 Å². The van der Waals surface area contributed by atoms with E-state index in [-0.39, 0.29) is 48.7 Å². The molecule has 4 amide bonds. The monoisotopic (exact) mass is 566 g/mol. The highest BCUT2D eigenvalue weighted by atomic mass is 16.3. The fraction of sp³-hybridized carbons (Fsp3) is 0.710. The Morgan fingerprint density at radius 2 is 1.27 bits per heavy atom. The van der Waals surface area contributed by atoms with E-state index < -0.39 is 39.1 Å². The molecule has 0 saturated carbocycles. The van der Waals surface area contributed by atoms with E-state index in [9.17, 15) is 29.1 Å². The van der Waals surface area contributed by atoms with Gasteiger partial charge in [-0.15, -0.1) is 0 Å². The topological polar surface area (TPSA) is 136 Å². The average molecular weight is 567 g/mol. The Morgan fingerprint density at radius 3 is 1.80 bits per heavy atom. The van der Waals surface area contributed by atoms with Crippen molar-refractivity contribution in [2.75, 3.05) is 13.1 Å². The van der Waals surface area contributed by atoms with Crippen LogP contribution < -0.4 is 10.6 Å². The lowest BCUT2D eigenvalue weighted by atomic mass is 9.53. The van der Waals surface area contributed by atoms with Gasteiger partial charge in [-0.1, -0.05) is 47.3 Å². The third-order valence-electron chi connectivity index (χ3n) is 12.1. The summed E-state index contributed by atoms with van der Waals surface area (Å²) in [4.78, 5) is 66.7. The number of rotatable bonds is 0. The molecule has 10 nitrogen and oxygen atoms in total.